The van der Waals surface area contributed by atoms with Crippen molar-refractivity contribution in [1.29, 1.82) is 0 Å². The molecule has 0 aromatic heterocycles. The van der Waals surface area contributed by atoms with Crippen LogP contribution in [-0.4, -0.2) is 49.8 Å². The molecule has 4 rings (SSSR count). The zero-order chi connectivity index (χ0) is 19.9. The Labute approximate surface area is 171 Å². The third-order valence-corrected chi connectivity index (χ3v) is 5.09. The molecule has 5 heteroatoms. The molecule has 1 aliphatic rings. The SMILES string of the molecule is O=C(COc1ccc2ccccc2c1)NC[C@@H]1CN(Cc2ccccc2)CCO1. The lowest BCUT2D eigenvalue weighted by Crippen LogP contribution is -2.47. The highest BCUT2D eigenvalue weighted by Gasteiger charge is 2.21. The number of morpholine rings is 1. The maximum absolute atomic E-state index is 12.2. The van der Waals surface area contributed by atoms with Crippen LogP contribution in [-0.2, 0) is 16.1 Å². The number of hydrogen-bond donors (Lipinski definition) is 1. The lowest BCUT2D eigenvalue weighted by Gasteiger charge is -2.33. The van der Waals surface area contributed by atoms with Crippen molar-refractivity contribution in [2.45, 2.75) is 12.6 Å². The van der Waals surface area contributed by atoms with E-state index in [1.165, 1.54) is 5.56 Å². The normalized spacial score (nSPS) is 17.2. The Morgan fingerprint density at radius 3 is 2.69 bits per heavy atom. The molecule has 1 aliphatic heterocycles. The number of rotatable bonds is 7. The fourth-order valence-corrected chi connectivity index (χ4v) is 3.57. The first-order valence-corrected chi connectivity index (χ1v) is 10.0. The van der Waals surface area contributed by atoms with Crippen molar-refractivity contribution in [3.05, 3.63) is 78.4 Å². The van der Waals surface area contributed by atoms with Gasteiger partial charge in [0.25, 0.3) is 5.91 Å². The summed E-state index contributed by atoms with van der Waals surface area (Å²) in [7, 11) is 0. The summed E-state index contributed by atoms with van der Waals surface area (Å²) in [6, 6.07) is 24.3. The minimum atomic E-state index is -0.137. The number of nitrogens with one attached hydrogen (secondary N) is 1. The summed E-state index contributed by atoms with van der Waals surface area (Å²) >= 11 is 0. The number of ether oxygens (including phenoxy) is 2. The molecule has 3 aromatic carbocycles. The Morgan fingerprint density at radius 1 is 1.03 bits per heavy atom. The van der Waals surface area contributed by atoms with Crippen LogP contribution in [0, 0.1) is 0 Å². The van der Waals surface area contributed by atoms with E-state index in [9.17, 15) is 4.79 Å². The molecule has 0 radical (unpaired) electrons. The van der Waals surface area contributed by atoms with E-state index in [4.69, 9.17) is 9.47 Å². The van der Waals surface area contributed by atoms with E-state index in [0.29, 0.717) is 18.9 Å². The van der Waals surface area contributed by atoms with E-state index in [2.05, 4.69) is 40.5 Å². The summed E-state index contributed by atoms with van der Waals surface area (Å²) < 4.78 is 11.5. The Bertz CT molecular complexity index is 945. The number of carbonyl (C=O) groups excluding carboxylic acids is 1. The summed E-state index contributed by atoms with van der Waals surface area (Å²) in [5, 5.41) is 5.18. The first kappa shape index (κ1) is 19.4. The van der Waals surface area contributed by atoms with Crippen LogP contribution in [0.4, 0.5) is 0 Å². The fourth-order valence-electron chi connectivity index (χ4n) is 3.57. The molecule has 0 bridgehead atoms. The van der Waals surface area contributed by atoms with Gasteiger partial charge in [-0.2, -0.15) is 0 Å². The van der Waals surface area contributed by atoms with Gasteiger partial charge in [-0.15, -0.1) is 0 Å². The summed E-state index contributed by atoms with van der Waals surface area (Å²) in [6.45, 7) is 3.79. The molecule has 0 saturated carbocycles. The maximum Gasteiger partial charge on any atom is 0.258 e. The van der Waals surface area contributed by atoms with Crippen molar-refractivity contribution >= 4 is 16.7 Å². The van der Waals surface area contributed by atoms with Gasteiger partial charge in [-0.05, 0) is 28.5 Å². The van der Waals surface area contributed by atoms with Gasteiger partial charge in [0, 0.05) is 26.2 Å². The average Bonchev–Trinajstić information content (AvgIpc) is 2.77. The number of nitrogens with zero attached hydrogens (tertiary/aromatic N) is 1. The van der Waals surface area contributed by atoms with Crippen molar-refractivity contribution < 1.29 is 14.3 Å². The second kappa shape index (κ2) is 9.54. The second-order valence-electron chi connectivity index (χ2n) is 7.32. The smallest absolute Gasteiger partial charge is 0.258 e. The van der Waals surface area contributed by atoms with Gasteiger partial charge in [-0.1, -0.05) is 60.7 Å². The van der Waals surface area contributed by atoms with Crippen LogP contribution in [0.25, 0.3) is 10.8 Å². The summed E-state index contributed by atoms with van der Waals surface area (Å²) in [4.78, 5) is 14.6. The molecule has 150 valence electrons. The Kier molecular flexibility index (Phi) is 6.39. The fraction of sp³-hybridized carbons (Fsp3) is 0.292. The molecule has 1 fully saturated rings. The molecule has 1 N–H and O–H groups in total. The summed E-state index contributed by atoms with van der Waals surface area (Å²) in [5.41, 5.74) is 1.29. The molecule has 1 heterocycles. The number of amides is 1. The Hall–Kier alpha value is -2.89. The minimum Gasteiger partial charge on any atom is -0.484 e. The number of carbonyl (C=O) groups is 1. The predicted molar refractivity (Wildman–Crippen MR) is 114 cm³/mol. The van der Waals surface area contributed by atoms with E-state index in [0.717, 1.165) is 30.4 Å². The van der Waals surface area contributed by atoms with Crippen molar-refractivity contribution in [3.8, 4) is 5.75 Å². The van der Waals surface area contributed by atoms with Crippen LogP contribution in [0.1, 0.15) is 5.56 Å². The van der Waals surface area contributed by atoms with Crippen LogP contribution in [0.15, 0.2) is 72.8 Å². The van der Waals surface area contributed by atoms with Crippen molar-refractivity contribution in [3.63, 3.8) is 0 Å². The molecule has 29 heavy (non-hydrogen) atoms. The highest BCUT2D eigenvalue weighted by molar-refractivity contribution is 5.84. The highest BCUT2D eigenvalue weighted by atomic mass is 16.5. The number of hydrogen-bond acceptors (Lipinski definition) is 4. The van der Waals surface area contributed by atoms with Crippen molar-refractivity contribution in [1.82, 2.24) is 10.2 Å². The zero-order valence-electron chi connectivity index (χ0n) is 16.4. The molecular formula is C24H26N2O3. The van der Waals surface area contributed by atoms with Crippen LogP contribution < -0.4 is 10.1 Å². The summed E-state index contributed by atoms with van der Waals surface area (Å²) in [6.07, 6.45) is -0.00270. The summed E-state index contributed by atoms with van der Waals surface area (Å²) in [5.74, 6) is 0.559. The topological polar surface area (TPSA) is 50.8 Å². The van der Waals surface area contributed by atoms with Gasteiger partial charge in [0.05, 0.1) is 12.7 Å². The molecule has 1 amide bonds. The van der Waals surface area contributed by atoms with Gasteiger partial charge >= 0.3 is 0 Å². The molecule has 0 aliphatic carbocycles. The van der Waals surface area contributed by atoms with Gasteiger partial charge in [-0.25, -0.2) is 0 Å². The largest absolute Gasteiger partial charge is 0.484 e. The lowest BCUT2D eigenvalue weighted by molar-refractivity contribution is -0.124. The van der Waals surface area contributed by atoms with Crippen LogP contribution in [0.3, 0.4) is 0 Å². The lowest BCUT2D eigenvalue weighted by atomic mass is 10.1. The van der Waals surface area contributed by atoms with Gasteiger partial charge in [-0.3, -0.25) is 9.69 Å². The predicted octanol–water partition coefficient (Wildman–Crippen LogP) is 3.24. The Balaban J connectivity index is 1.21. The third kappa shape index (κ3) is 5.56. The molecule has 0 spiro atoms. The second-order valence-corrected chi connectivity index (χ2v) is 7.32. The molecule has 3 aromatic rings. The van der Waals surface area contributed by atoms with Gasteiger partial charge in [0.15, 0.2) is 6.61 Å². The van der Waals surface area contributed by atoms with Gasteiger partial charge in [0.2, 0.25) is 0 Å². The molecule has 1 atom stereocenters. The number of fused-ring (bicyclic) bond motifs is 1. The standard InChI is InChI=1S/C24H26N2O3/c27-24(18-29-22-11-10-20-8-4-5-9-21(20)14-22)25-15-23-17-26(12-13-28-23)16-19-6-2-1-3-7-19/h1-11,14,23H,12-13,15-18H2,(H,25,27)/t23-/m1/s1. The van der Waals surface area contributed by atoms with Gasteiger partial charge in [0.1, 0.15) is 5.75 Å². The third-order valence-electron chi connectivity index (χ3n) is 5.09. The van der Waals surface area contributed by atoms with Crippen LogP contribution in [0.2, 0.25) is 0 Å². The first-order chi connectivity index (χ1) is 14.3. The van der Waals surface area contributed by atoms with E-state index in [-0.39, 0.29) is 18.6 Å². The quantitative estimate of drug-likeness (QED) is 0.673. The molecule has 5 nitrogen and oxygen atoms in total. The van der Waals surface area contributed by atoms with Crippen LogP contribution in [0.5, 0.6) is 5.75 Å². The van der Waals surface area contributed by atoms with E-state index in [1.54, 1.807) is 0 Å². The maximum atomic E-state index is 12.2. The van der Waals surface area contributed by atoms with Gasteiger partial charge < -0.3 is 14.8 Å². The molecular weight excluding hydrogens is 364 g/mol. The minimum absolute atomic E-state index is 0.00120. The average molecular weight is 390 g/mol. The molecule has 1 saturated heterocycles. The Morgan fingerprint density at radius 2 is 1.83 bits per heavy atom. The van der Waals surface area contributed by atoms with Crippen molar-refractivity contribution in [2.75, 3.05) is 32.8 Å². The van der Waals surface area contributed by atoms with E-state index in [1.807, 2.05) is 42.5 Å². The van der Waals surface area contributed by atoms with E-state index < -0.39 is 0 Å². The monoisotopic (exact) mass is 390 g/mol. The highest BCUT2D eigenvalue weighted by Crippen LogP contribution is 2.20. The first-order valence-electron chi connectivity index (χ1n) is 10.0. The van der Waals surface area contributed by atoms with Crippen molar-refractivity contribution in [2.24, 2.45) is 0 Å². The van der Waals surface area contributed by atoms with E-state index >= 15 is 0 Å². The van der Waals surface area contributed by atoms with Crippen LogP contribution >= 0.6 is 0 Å². The molecule has 0 unspecified atom stereocenters. The number of benzene rings is 3. The zero-order valence-corrected chi connectivity index (χ0v) is 16.4.